The molecule has 0 fully saturated rings. The molecule has 0 saturated heterocycles. The van der Waals surface area contributed by atoms with Crippen molar-refractivity contribution in [2.45, 2.75) is 52.6 Å². The van der Waals surface area contributed by atoms with Crippen LogP contribution in [0.5, 0.6) is 0 Å². The molecule has 1 unspecified atom stereocenters. The van der Waals surface area contributed by atoms with Crippen LogP contribution in [-0.4, -0.2) is 25.3 Å². The van der Waals surface area contributed by atoms with Gasteiger partial charge in [0.1, 0.15) is 6.10 Å². The van der Waals surface area contributed by atoms with Crippen LogP contribution in [0.2, 0.25) is 0 Å². The zero-order valence-electron chi connectivity index (χ0n) is 9.54. The Kier molecular flexibility index (Phi) is 8.64. The van der Waals surface area contributed by atoms with Crippen LogP contribution in [0.4, 0.5) is 0 Å². The topological polar surface area (TPSA) is 35.5 Å². The Hall–Kier alpha value is -0.570. The molecule has 1 atom stereocenters. The molecule has 3 heteroatoms. The number of carbonyl (C=O) groups is 1. The van der Waals surface area contributed by atoms with Gasteiger partial charge in [0, 0.05) is 13.0 Å². The molecule has 0 aromatic heterocycles. The van der Waals surface area contributed by atoms with Crippen LogP contribution in [0.15, 0.2) is 0 Å². The van der Waals surface area contributed by atoms with Crippen molar-refractivity contribution in [2.24, 2.45) is 0 Å². The van der Waals surface area contributed by atoms with Crippen LogP contribution in [0.1, 0.15) is 46.5 Å². The lowest BCUT2D eigenvalue weighted by Gasteiger charge is -2.12. The number of hydrogen-bond donors (Lipinski definition) is 0. The molecule has 84 valence electrons. The van der Waals surface area contributed by atoms with Crippen LogP contribution >= 0.6 is 0 Å². The van der Waals surface area contributed by atoms with E-state index in [4.69, 9.17) is 9.47 Å². The summed E-state index contributed by atoms with van der Waals surface area (Å²) in [5.74, 6) is -0.158. The lowest BCUT2D eigenvalue weighted by Crippen LogP contribution is -2.20. The van der Waals surface area contributed by atoms with Crippen LogP contribution in [0.25, 0.3) is 0 Å². The highest BCUT2D eigenvalue weighted by Gasteiger charge is 2.06. The van der Waals surface area contributed by atoms with E-state index in [9.17, 15) is 4.79 Å². The summed E-state index contributed by atoms with van der Waals surface area (Å²) in [6.45, 7) is 7.08. The Balaban J connectivity index is 3.26. The summed E-state index contributed by atoms with van der Waals surface area (Å²) in [6, 6.07) is 0. The summed E-state index contributed by atoms with van der Waals surface area (Å²) in [4.78, 5) is 10.9. The third kappa shape index (κ3) is 8.05. The van der Waals surface area contributed by atoms with E-state index in [1.165, 1.54) is 12.8 Å². The highest BCUT2D eigenvalue weighted by atomic mass is 16.6. The minimum absolute atomic E-state index is 0.121. The smallest absolute Gasteiger partial charge is 0.305 e. The van der Waals surface area contributed by atoms with Crippen molar-refractivity contribution >= 4 is 5.97 Å². The first-order chi connectivity index (χ1) is 6.70. The van der Waals surface area contributed by atoms with Gasteiger partial charge in [0.05, 0.1) is 6.61 Å². The Morgan fingerprint density at radius 1 is 1.29 bits per heavy atom. The normalized spacial score (nSPS) is 12.5. The van der Waals surface area contributed by atoms with Gasteiger partial charge in [-0.2, -0.15) is 0 Å². The van der Waals surface area contributed by atoms with Gasteiger partial charge in [0.15, 0.2) is 0 Å². The Labute approximate surface area is 86.8 Å². The second kappa shape index (κ2) is 9.00. The molecule has 14 heavy (non-hydrogen) atoms. The molecule has 0 aromatic rings. The molecule has 0 saturated carbocycles. The van der Waals surface area contributed by atoms with E-state index in [1.54, 1.807) is 6.92 Å². The summed E-state index contributed by atoms with van der Waals surface area (Å²) < 4.78 is 10.4. The second-order valence-electron chi connectivity index (χ2n) is 3.44. The van der Waals surface area contributed by atoms with Gasteiger partial charge in [0.2, 0.25) is 0 Å². The first kappa shape index (κ1) is 13.4. The van der Waals surface area contributed by atoms with Crippen molar-refractivity contribution < 1.29 is 14.3 Å². The summed E-state index contributed by atoms with van der Waals surface area (Å²) in [5.41, 5.74) is 0. The average Bonchev–Trinajstić information content (AvgIpc) is 2.17. The molecule has 0 spiro atoms. The summed E-state index contributed by atoms with van der Waals surface area (Å²) in [7, 11) is 0. The van der Waals surface area contributed by atoms with Crippen LogP contribution in [0, 0.1) is 0 Å². The molecule has 3 nitrogen and oxygen atoms in total. The monoisotopic (exact) mass is 202 g/mol. The number of ether oxygens (including phenoxy) is 2. The van der Waals surface area contributed by atoms with Crippen molar-refractivity contribution in [3.8, 4) is 0 Å². The van der Waals surface area contributed by atoms with Gasteiger partial charge in [-0.1, -0.05) is 26.7 Å². The fourth-order valence-corrected chi connectivity index (χ4v) is 1.05. The Morgan fingerprint density at radius 3 is 2.57 bits per heavy atom. The molecule has 0 bridgehead atoms. The minimum Gasteiger partial charge on any atom is -0.460 e. The summed E-state index contributed by atoms with van der Waals surface area (Å²) >= 11 is 0. The van der Waals surface area contributed by atoms with Gasteiger partial charge in [-0.15, -0.1) is 0 Å². The maximum atomic E-state index is 10.9. The minimum atomic E-state index is -0.158. The quantitative estimate of drug-likeness (QED) is 0.448. The predicted octanol–water partition coefficient (Wildman–Crippen LogP) is 2.53. The van der Waals surface area contributed by atoms with E-state index in [1.807, 2.05) is 6.92 Å². The summed E-state index contributed by atoms with van der Waals surface area (Å²) in [5, 5.41) is 0. The molecule has 0 N–H and O–H groups in total. The maximum Gasteiger partial charge on any atom is 0.305 e. The van der Waals surface area contributed by atoms with E-state index < -0.39 is 0 Å². The van der Waals surface area contributed by atoms with Gasteiger partial charge in [-0.3, -0.25) is 4.79 Å². The highest BCUT2D eigenvalue weighted by molar-refractivity contribution is 5.69. The van der Waals surface area contributed by atoms with Crippen molar-refractivity contribution in [2.75, 3.05) is 13.2 Å². The Bertz CT molecular complexity index is 145. The molecule has 0 radical (unpaired) electrons. The summed E-state index contributed by atoms with van der Waals surface area (Å²) in [6.07, 6.45) is 3.79. The maximum absolute atomic E-state index is 10.9. The number of rotatable bonds is 8. The van der Waals surface area contributed by atoms with E-state index in [0.717, 1.165) is 13.0 Å². The van der Waals surface area contributed by atoms with E-state index in [0.29, 0.717) is 13.0 Å². The van der Waals surface area contributed by atoms with E-state index >= 15 is 0 Å². The number of unbranched alkanes of at least 4 members (excludes halogenated alkanes) is 2. The third-order valence-electron chi connectivity index (χ3n) is 1.87. The fourth-order valence-electron chi connectivity index (χ4n) is 1.05. The van der Waals surface area contributed by atoms with Crippen molar-refractivity contribution in [1.82, 2.24) is 0 Å². The van der Waals surface area contributed by atoms with Crippen molar-refractivity contribution in [1.29, 1.82) is 0 Å². The van der Waals surface area contributed by atoms with Crippen LogP contribution < -0.4 is 0 Å². The van der Waals surface area contributed by atoms with Crippen molar-refractivity contribution in [3.05, 3.63) is 0 Å². The molecule has 0 aromatic carbocycles. The zero-order chi connectivity index (χ0) is 10.8. The molecular weight excluding hydrogens is 180 g/mol. The first-order valence-electron chi connectivity index (χ1n) is 5.47. The lowest BCUT2D eigenvalue weighted by atomic mass is 10.3. The highest BCUT2D eigenvalue weighted by Crippen LogP contribution is 1.98. The molecule has 0 heterocycles. The van der Waals surface area contributed by atoms with Gasteiger partial charge in [0.25, 0.3) is 0 Å². The SMILES string of the molecule is CCCCCOCC(C)OC(=O)CC. The number of carbonyl (C=O) groups excluding carboxylic acids is 1. The molecular formula is C11H22O3. The Morgan fingerprint density at radius 2 is 2.00 bits per heavy atom. The van der Waals surface area contributed by atoms with Gasteiger partial charge < -0.3 is 9.47 Å². The molecule has 0 rings (SSSR count). The molecule has 0 aliphatic rings. The van der Waals surface area contributed by atoms with Crippen LogP contribution in [0.3, 0.4) is 0 Å². The lowest BCUT2D eigenvalue weighted by molar-refractivity contribution is -0.150. The van der Waals surface area contributed by atoms with E-state index in [-0.39, 0.29) is 12.1 Å². The molecule has 0 aliphatic carbocycles. The molecule has 0 amide bonds. The second-order valence-corrected chi connectivity index (χ2v) is 3.44. The first-order valence-corrected chi connectivity index (χ1v) is 5.47. The van der Waals surface area contributed by atoms with Gasteiger partial charge in [-0.05, 0) is 13.3 Å². The largest absolute Gasteiger partial charge is 0.460 e. The number of hydrogen-bond acceptors (Lipinski definition) is 3. The van der Waals surface area contributed by atoms with Crippen LogP contribution in [-0.2, 0) is 14.3 Å². The standard InChI is InChI=1S/C11H22O3/c1-4-6-7-8-13-9-10(3)14-11(12)5-2/h10H,4-9H2,1-3H3. The number of esters is 1. The van der Waals surface area contributed by atoms with E-state index in [2.05, 4.69) is 6.92 Å². The fraction of sp³-hybridized carbons (Fsp3) is 0.909. The van der Waals surface area contributed by atoms with Gasteiger partial charge in [-0.25, -0.2) is 0 Å². The third-order valence-corrected chi connectivity index (χ3v) is 1.87. The predicted molar refractivity (Wildman–Crippen MR) is 56.2 cm³/mol. The zero-order valence-corrected chi connectivity index (χ0v) is 9.54. The van der Waals surface area contributed by atoms with Gasteiger partial charge >= 0.3 is 5.97 Å². The average molecular weight is 202 g/mol. The molecule has 0 aliphatic heterocycles. The van der Waals surface area contributed by atoms with Crippen molar-refractivity contribution in [3.63, 3.8) is 0 Å².